The maximum absolute atomic E-state index is 12.8. The van der Waals surface area contributed by atoms with E-state index < -0.39 is 23.3 Å². The molecule has 4 amide bonds. The minimum Gasteiger partial charge on any atom is -0.276 e. The minimum absolute atomic E-state index is 0.364. The lowest BCUT2D eigenvalue weighted by molar-refractivity contribution is -0.143. The largest absolute Gasteiger partial charge is 0.335 e. The zero-order valence-corrected chi connectivity index (χ0v) is 12.8. The van der Waals surface area contributed by atoms with Crippen molar-refractivity contribution >= 4 is 23.5 Å². The summed E-state index contributed by atoms with van der Waals surface area (Å²) in [5.41, 5.74) is 1.15. The molecule has 21 heavy (non-hydrogen) atoms. The quantitative estimate of drug-likeness (QED) is 0.870. The van der Waals surface area contributed by atoms with Gasteiger partial charge in [-0.05, 0) is 43.9 Å². The number of anilines is 1. The molecule has 5 nitrogen and oxygen atoms in total. The minimum atomic E-state index is -1.16. The molecule has 1 aromatic rings. The molecule has 0 unspecified atom stereocenters. The predicted octanol–water partition coefficient (Wildman–Crippen LogP) is 2.69. The third-order valence-corrected chi connectivity index (χ3v) is 4.28. The van der Waals surface area contributed by atoms with Gasteiger partial charge in [0, 0.05) is 0 Å². The van der Waals surface area contributed by atoms with Crippen molar-refractivity contribution < 1.29 is 14.4 Å². The number of hydrogen-bond donors (Lipinski definition) is 1. The van der Waals surface area contributed by atoms with Gasteiger partial charge >= 0.3 is 6.03 Å². The molecule has 2 rings (SSSR count). The molecular formula is C16H20N2O3. The van der Waals surface area contributed by atoms with Crippen LogP contribution in [0.2, 0.25) is 0 Å². The highest BCUT2D eigenvalue weighted by molar-refractivity contribution is 6.30. The lowest BCUT2D eigenvalue weighted by Gasteiger charge is -2.38. The molecule has 112 valence electrons. The van der Waals surface area contributed by atoms with E-state index in [4.69, 9.17) is 0 Å². The first-order chi connectivity index (χ1) is 9.87. The summed E-state index contributed by atoms with van der Waals surface area (Å²) in [4.78, 5) is 38.3. The van der Waals surface area contributed by atoms with Gasteiger partial charge in [-0.3, -0.25) is 14.9 Å². The Labute approximate surface area is 124 Å². The van der Waals surface area contributed by atoms with E-state index in [-0.39, 0.29) is 0 Å². The van der Waals surface area contributed by atoms with E-state index >= 15 is 0 Å². The fraction of sp³-hybridized carbons (Fsp3) is 0.438. The highest BCUT2D eigenvalue weighted by Gasteiger charge is 2.52. The van der Waals surface area contributed by atoms with Gasteiger partial charge in [-0.2, -0.15) is 0 Å². The molecule has 0 radical (unpaired) electrons. The number of barbiturate groups is 1. The normalized spacial score (nSPS) is 17.9. The van der Waals surface area contributed by atoms with Gasteiger partial charge in [0.1, 0.15) is 5.41 Å². The van der Waals surface area contributed by atoms with Gasteiger partial charge in [0.2, 0.25) is 5.91 Å². The Balaban J connectivity index is 2.57. The molecule has 0 atom stereocenters. The molecule has 1 saturated heterocycles. The number of imide groups is 2. The van der Waals surface area contributed by atoms with E-state index in [0.29, 0.717) is 18.5 Å². The number of benzene rings is 1. The van der Waals surface area contributed by atoms with Crippen LogP contribution in [0.15, 0.2) is 18.2 Å². The highest BCUT2D eigenvalue weighted by Crippen LogP contribution is 2.35. The van der Waals surface area contributed by atoms with Crippen LogP contribution < -0.4 is 10.2 Å². The molecule has 1 aliphatic rings. The molecule has 1 N–H and O–H groups in total. The number of carbonyl (C=O) groups excluding carboxylic acids is 3. The van der Waals surface area contributed by atoms with E-state index in [0.717, 1.165) is 16.0 Å². The van der Waals surface area contributed by atoms with Gasteiger partial charge in [0.15, 0.2) is 0 Å². The van der Waals surface area contributed by atoms with E-state index in [1.165, 1.54) is 0 Å². The van der Waals surface area contributed by atoms with Gasteiger partial charge in [-0.25, -0.2) is 9.69 Å². The lowest BCUT2D eigenvalue weighted by atomic mass is 9.78. The first-order valence-electron chi connectivity index (χ1n) is 7.14. The first kappa shape index (κ1) is 15.2. The average Bonchev–Trinajstić information content (AvgIpc) is 2.44. The maximum atomic E-state index is 12.8. The number of aryl methyl sites for hydroxylation is 2. The molecule has 1 heterocycles. The smallest absolute Gasteiger partial charge is 0.276 e. The Hall–Kier alpha value is -2.17. The summed E-state index contributed by atoms with van der Waals surface area (Å²) in [6.45, 7) is 7.31. The van der Waals surface area contributed by atoms with Crippen molar-refractivity contribution in [2.45, 2.75) is 40.5 Å². The van der Waals surface area contributed by atoms with Crippen LogP contribution in [0.1, 0.15) is 37.8 Å². The summed E-state index contributed by atoms with van der Waals surface area (Å²) >= 11 is 0. The van der Waals surface area contributed by atoms with Gasteiger partial charge in [-0.1, -0.05) is 26.0 Å². The summed E-state index contributed by atoms with van der Waals surface area (Å²) < 4.78 is 0. The molecule has 0 bridgehead atoms. The van der Waals surface area contributed by atoms with Crippen molar-refractivity contribution in [3.05, 3.63) is 29.3 Å². The number of carbonyl (C=O) groups is 3. The van der Waals surface area contributed by atoms with Gasteiger partial charge in [-0.15, -0.1) is 0 Å². The van der Waals surface area contributed by atoms with Crippen LogP contribution in [0.3, 0.4) is 0 Å². The Morgan fingerprint density at radius 2 is 1.71 bits per heavy atom. The Bertz CT molecular complexity index is 618. The molecule has 0 aliphatic carbocycles. The molecule has 0 saturated carbocycles. The summed E-state index contributed by atoms with van der Waals surface area (Å²) in [5, 5.41) is 2.32. The summed E-state index contributed by atoms with van der Waals surface area (Å²) in [6, 6.07) is 4.90. The van der Waals surface area contributed by atoms with Crippen LogP contribution in [0.4, 0.5) is 10.5 Å². The van der Waals surface area contributed by atoms with Gasteiger partial charge in [0.05, 0.1) is 5.69 Å². The first-order valence-corrected chi connectivity index (χ1v) is 7.14. The summed E-state index contributed by atoms with van der Waals surface area (Å²) in [6.07, 6.45) is 0.728. The van der Waals surface area contributed by atoms with Crippen molar-refractivity contribution in [3.63, 3.8) is 0 Å². The van der Waals surface area contributed by atoms with Crippen molar-refractivity contribution in [1.82, 2.24) is 5.32 Å². The van der Waals surface area contributed by atoms with Crippen LogP contribution in [-0.4, -0.2) is 17.8 Å². The second-order valence-corrected chi connectivity index (χ2v) is 5.48. The predicted molar refractivity (Wildman–Crippen MR) is 80.0 cm³/mol. The number of rotatable bonds is 3. The summed E-state index contributed by atoms with van der Waals surface area (Å²) in [5.74, 6) is -0.931. The lowest BCUT2D eigenvalue weighted by Crippen LogP contribution is -2.64. The monoisotopic (exact) mass is 288 g/mol. The number of urea groups is 1. The van der Waals surface area contributed by atoms with Crippen LogP contribution in [0.5, 0.6) is 0 Å². The number of nitrogens with one attached hydrogen (secondary N) is 1. The van der Waals surface area contributed by atoms with Crippen molar-refractivity contribution in [1.29, 1.82) is 0 Å². The fourth-order valence-corrected chi connectivity index (χ4v) is 2.73. The molecular weight excluding hydrogens is 268 g/mol. The SMILES string of the molecule is CCC1(CC)C(=O)NC(=O)N(c2cc(C)ccc2C)C1=O. The van der Waals surface area contributed by atoms with Crippen LogP contribution >= 0.6 is 0 Å². The number of hydrogen-bond acceptors (Lipinski definition) is 3. The molecule has 1 aromatic carbocycles. The summed E-state index contributed by atoms with van der Waals surface area (Å²) in [7, 11) is 0. The Kier molecular flexibility index (Phi) is 3.85. The average molecular weight is 288 g/mol. The van der Waals surface area contributed by atoms with E-state index in [1.807, 2.05) is 26.0 Å². The second-order valence-electron chi connectivity index (χ2n) is 5.48. The Morgan fingerprint density at radius 3 is 2.29 bits per heavy atom. The van der Waals surface area contributed by atoms with Gasteiger partial charge < -0.3 is 0 Å². The van der Waals surface area contributed by atoms with Crippen molar-refractivity contribution in [2.24, 2.45) is 5.41 Å². The molecule has 1 aliphatic heterocycles. The maximum Gasteiger partial charge on any atom is 0.335 e. The van der Waals surface area contributed by atoms with Crippen LogP contribution in [-0.2, 0) is 9.59 Å². The van der Waals surface area contributed by atoms with Crippen molar-refractivity contribution in [2.75, 3.05) is 4.90 Å². The molecule has 1 fully saturated rings. The number of nitrogens with zero attached hydrogens (tertiary/aromatic N) is 1. The third kappa shape index (κ3) is 2.22. The third-order valence-electron chi connectivity index (χ3n) is 4.28. The Morgan fingerprint density at radius 1 is 1.10 bits per heavy atom. The van der Waals surface area contributed by atoms with Gasteiger partial charge in [0.25, 0.3) is 5.91 Å². The van der Waals surface area contributed by atoms with E-state index in [1.54, 1.807) is 19.9 Å². The van der Waals surface area contributed by atoms with Crippen LogP contribution in [0.25, 0.3) is 0 Å². The van der Waals surface area contributed by atoms with Crippen LogP contribution in [0, 0.1) is 19.3 Å². The molecule has 0 spiro atoms. The van der Waals surface area contributed by atoms with Crippen molar-refractivity contribution in [3.8, 4) is 0 Å². The van der Waals surface area contributed by atoms with E-state index in [2.05, 4.69) is 5.32 Å². The standard InChI is InChI=1S/C16H20N2O3/c1-5-16(6-2)13(19)17-15(21)18(14(16)20)12-9-10(3)7-8-11(12)4/h7-9H,5-6H2,1-4H3,(H,17,19,21). The fourth-order valence-electron chi connectivity index (χ4n) is 2.73. The number of amides is 4. The zero-order chi connectivity index (χ0) is 15.8. The molecule has 5 heteroatoms. The zero-order valence-electron chi connectivity index (χ0n) is 12.8. The topological polar surface area (TPSA) is 66.5 Å². The van der Waals surface area contributed by atoms with E-state index in [9.17, 15) is 14.4 Å². The molecule has 0 aromatic heterocycles. The second kappa shape index (κ2) is 5.31. The highest BCUT2D eigenvalue weighted by atomic mass is 16.2.